The zero-order chi connectivity index (χ0) is 12.1. The van der Waals surface area contributed by atoms with Gasteiger partial charge in [0.15, 0.2) is 0 Å². The van der Waals surface area contributed by atoms with E-state index in [4.69, 9.17) is 28.8 Å². The molecule has 0 bridgehead atoms. The average molecular weight is 417 g/mol. The Morgan fingerprint density at radius 2 is 1.16 bits per heavy atom. The topological polar surface area (TPSA) is 18.5 Å². The SMILES string of the molecule is Clc1cccc([O][Zr+2][O]c2cccc(Cl)c2)c1.[Cl-].[Cl-]. The normalized spacial score (nSPS) is 8.53. The largest absolute Gasteiger partial charge is 1.00 e. The van der Waals surface area contributed by atoms with Gasteiger partial charge in [0.1, 0.15) is 0 Å². The predicted octanol–water partition coefficient (Wildman–Crippen LogP) is -1.63. The van der Waals surface area contributed by atoms with Gasteiger partial charge in [-0.05, 0) is 0 Å². The van der Waals surface area contributed by atoms with Gasteiger partial charge in [0.2, 0.25) is 0 Å². The van der Waals surface area contributed by atoms with Crippen molar-refractivity contribution < 1.29 is 54.6 Å². The molecule has 2 aromatic carbocycles. The summed E-state index contributed by atoms with van der Waals surface area (Å²) in [5, 5.41) is 1.31. The van der Waals surface area contributed by atoms with Crippen LogP contribution in [0, 0.1) is 0 Å². The van der Waals surface area contributed by atoms with Crippen LogP contribution in [0.1, 0.15) is 0 Å². The third-order valence-corrected chi connectivity index (χ3v) is 3.95. The van der Waals surface area contributed by atoms with Crippen molar-refractivity contribution in [2.45, 2.75) is 0 Å². The summed E-state index contributed by atoms with van der Waals surface area (Å²) < 4.78 is 11.1. The van der Waals surface area contributed by atoms with E-state index < -0.39 is 24.1 Å². The first-order valence-corrected chi connectivity index (χ1v) is 7.60. The molecule has 2 nitrogen and oxygen atoms in total. The third kappa shape index (κ3) is 6.88. The molecule has 0 amide bonds. The molecule has 100 valence electrons. The molecule has 0 spiro atoms. The molecule has 0 N–H and O–H groups in total. The Kier molecular flexibility index (Phi) is 9.95. The summed E-state index contributed by atoms with van der Waals surface area (Å²) in [6, 6.07) is 14.5. The van der Waals surface area contributed by atoms with E-state index in [1.54, 1.807) is 24.3 Å². The van der Waals surface area contributed by atoms with Gasteiger partial charge in [0.05, 0.1) is 0 Å². The molecule has 0 aliphatic carbocycles. The molecule has 0 heterocycles. The molecule has 2 rings (SSSR count). The standard InChI is InChI=1S/2C6H5ClO.2ClH.Zr/c2*7-5-2-1-3-6(8)4-5;;;/h2*1-4,8H;2*1H;/q;;;;+4/p-4. The van der Waals surface area contributed by atoms with Gasteiger partial charge in [-0.25, -0.2) is 0 Å². The maximum atomic E-state index is 5.84. The van der Waals surface area contributed by atoms with Crippen LogP contribution in [0.15, 0.2) is 48.5 Å². The second-order valence-electron chi connectivity index (χ2n) is 3.20. The second kappa shape index (κ2) is 9.90. The van der Waals surface area contributed by atoms with Crippen LogP contribution in [-0.2, 0) is 24.1 Å². The summed E-state index contributed by atoms with van der Waals surface area (Å²) in [5.74, 6) is 1.48. The Balaban J connectivity index is 0.00000162. The number of hydrogen-bond acceptors (Lipinski definition) is 2. The molecule has 0 radical (unpaired) electrons. The molecule has 0 saturated carbocycles. The summed E-state index contributed by atoms with van der Waals surface area (Å²) >= 11 is 10.3. The van der Waals surface area contributed by atoms with Crippen LogP contribution in [0.5, 0.6) is 11.5 Å². The molecule has 0 aromatic heterocycles. The Labute approximate surface area is 147 Å². The van der Waals surface area contributed by atoms with Crippen LogP contribution >= 0.6 is 23.2 Å². The second-order valence-corrected chi connectivity index (χ2v) is 5.49. The predicted molar refractivity (Wildman–Crippen MR) is 64.2 cm³/mol. The molecular weight excluding hydrogens is 409 g/mol. The molecule has 2 aromatic rings. The zero-order valence-electron chi connectivity index (χ0n) is 9.45. The molecule has 0 atom stereocenters. The molecule has 0 fully saturated rings. The van der Waals surface area contributed by atoms with E-state index in [-0.39, 0.29) is 24.8 Å². The fourth-order valence-electron chi connectivity index (χ4n) is 1.18. The van der Waals surface area contributed by atoms with E-state index in [9.17, 15) is 0 Å². The van der Waals surface area contributed by atoms with Crippen LogP contribution < -0.4 is 30.4 Å². The third-order valence-electron chi connectivity index (χ3n) is 1.91. The van der Waals surface area contributed by atoms with E-state index in [1.165, 1.54) is 0 Å². The summed E-state index contributed by atoms with van der Waals surface area (Å²) in [4.78, 5) is 0. The van der Waals surface area contributed by atoms with E-state index in [1.807, 2.05) is 24.3 Å². The average Bonchev–Trinajstić information content (AvgIpc) is 2.29. The Morgan fingerprint density at radius 1 is 0.737 bits per heavy atom. The smallest absolute Gasteiger partial charge is 1.00 e. The summed E-state index contributed by atoms with van der Waals surface area (Å²) in [5.41, 5.74) is 0. The van der Waals surface area contributed by atoms with E-state index in [0.29, 0.717) is 10.0 Å². The van der Waals surface area contributed by atoms with Crippen molar-refractivity contribution in [2.75, 3.05) is 0 Å². The molecule has 0 aliphatic rings. The minimum absolute atomic E-state index is 0. The number of benzene rings is 2. The maximum Gasteiger partial charge on any atom is -1.00 e. The van der Waals surface area contributed by atoms with Gasteiger partial charge in [-0.15, -0.1) is 0 Å². The first-order chi connectivity index (χ1) is 8.24. The van der Waals surface area contributed by atoms with Crippen molar-refractivity contribution in [3.8, 4) is 11.5 Å². The van der Waals surface area contributed by atoms with Crippen molar-refractivity contribution in [3.63, 3.8) is 0 Å². The summed E-state index contributed by atoms with van der Waals surface area (Å²) in [6.07, 6.45) is 0. The zero-order valence-corrected chi connectivity index (χ0v) is 14.9. The van der Waals surface area contributed by atoms with Crippen molar-refractivity contribution in [3.05, 3.63) is 58.6 Å². The monoisotopic (exact) mass is 414 g/mol. The molecular formula is C12H8Cl4O2Zr. The Morgan fingerprint density at radius 3 is 1.53 bits per heavy atom. The first kappa shape index (κ1) is 19.1. The van der Waals surface area contributed by atoms with Gasteiger partial charge in [-0.1, -0.05) is 0 Å². The van der Waals surface area contributed by atoms with Crippen LogP contribution in [-0.4, -0.2) is 0 Å². The molecule has 0 saturated heterocycles. The van der Waals surface area contributed by atoms with Gasteiger partial charge >= 0.3 is 123 Å². The van der Waals surface area contributed by atoms with Crippen molar-refractivity contribution in [1.29, 1.82) is 0 Å². The van der Waals surface area contributed by atoms with E-state index in [0.717, 1.165) is 11.5 Å². The van der Waals surface area contributed by atoms with Crippen molar-refractivity contribution >= 4 is 23.2 Å². The molecule has 7 heteroatoms. The van der Waals surface area contributed by atoms with E-state index >= 15 is 0 Å². The van der Waals surface area contributed by atoms with Gasteiger partial charge < -0.3 is 24.8 Å². The quantitative estimate of drug-likeness (QED) is 0.595. The minimum atomic E-state index is -1.41. The number of halogens is 4. The molecule has 0 unspecified atom stereocenters. The fourth-order valence-corrected chi connectivity index (χ4v) is 2.74. The number of hydrogen-bond donors (Lipinski definition) is 0. The van der Waals surface area contributed by atoms with E-state index in [2.05, 4.69) is 0 Å². The van der Waals surface area contributed by atoms with Crippen LogP contribution in [0.2, 0.25) is 10.0 Å². The van der Waals surface area contributed by atoms with Gasteiger partial charge in [0, 0.05) is 0 Å². The number of rotatable bonds is 4. The van der Waals surface area contributed by atoms with Crippen LogP contribution in [0.3, 0.4) is 0 Å². The van der Waals surface area contributed by atoms with Crippen LogP contribution in [0.25, 0.3) is 0 Å². The minimum Gasteiger partial charge on any atom is -1.00 e. The molecule has 19 heavy (non-hydrogen) atoms. The molecule has 0 aliphatic heterocycles. The Hall–Kier alpha value is 0.0831. The van der Waals surface area contributed by atoms with Crippen LogP contribution in [0.4, 0.5) is 0 Å². The van der Waals surface area contributed by atoms with Crippen molar-refractivity contribution in [2.24, 2.45) is 0 Å². The van der Waals surface area contributed by atoms with Gasteiger partial charge in [0.25, 0.3) is 0 Å². The van der Waals surface area contributed by atoms with Crippen molar-refractivity contribution in [1.82, 2.24) is 0 Å². The first-order valence-electron chi connectivity index (χ1n) is 4.84. The summed E-state index contributed by atoms with van der Waals surface area (Å²) in [6.45, 7) is 0. The maximum absolute atomic E-state index is 5.84. The van der Waals surface area contributed by atoms with Gasteiger partial charge in [-0.2, -0.15) is 0 Å². The Bertz CT molecular complexity index is 465. The fraction of sp³-hybridized carbons (Fsp3) is 0. The summed E-state index contributed by atoms with van der Waals surface area (Å²) in [7, 11) is 0. The van der Waals surface area contributed by atoms with Gasteiger partial charge in [-0.3, -0.25) is 0 Å².